The van der Waals surface area contributed by atoms with Crippen LogP contribution in [0.25, 0.3) is 10.9 Å². The number of hydrogen-bond acceptors (Lipinski definition) is 5. The Hall–Kier alpha value is -3.31. The van der Waals surface area contributed by atoms with Gasteiger partial charge >= 0.3 is 6.18 Å². The fourth-order valence-electron chi connectivity index (χ4n) is 5.12. The molecule has 1 amide bonds. The normalized spacial score (nSPS) is 20.9. The molecule has 2 atom stereocenters. The first kappa shape index (κ1) is 23.4. The van der Waals surface area contributed by atoms with Crippen molar-refractivity contribution in [2.45, 2.75) is 39.5 Å². The van der Waals surface area contributed by atoms with E-state index in [0.29, 0.717) is 30.6 Å². The average molecular weight is 494 g/mol. The Bertz CT molecular complexity index is 1310. The third-order valence-electron chi connectivity index (χ3n) is 6.86. The molecule has 3 aromatic rings. The molecule has 2 aliphatic rings. The van der Waals surface area contributed by atoms with Crippen molar-refractivity contribution in [1.82, 2.24) is 24.6 Å². The minimum absolute atomic E-state index is 0.0133. The van der Waals surface area contributed by atoms with Crippen LogP contribution in [-0.2, 0) is 24.1 Å². The summed E-state index contributed by atoms with van der Waals surface area (Å²) in [5, 5.41) is 7.42. The van der Waals surface area contributed by atoms with Crippen molar-refractivity contribution in [2.75, 3.05) is 24.5 Å². The quantitative estimate of drug-likeness (QED) is 0.505. The van der Waals surface area contributed by atoms with Crippen molar-refractivity contribution in [3.63, 3.8) is 0 Å². The third kappa shape index (κ3) is 4.08. The smallest absolute Gasteiger partial charge is 0.371 e. The molecule has 12 heteroatoms. The number of anilines is 1. The molecule has 2 aliphatic heterocycles. The second kappa shape index (κ2) is 8.42. The summed E-state index contributed by atoms with van der Waals surface area (Å²) in [5.74, 6) is -3.38. The van der Waals surface area contributed by atoms with Gasteiger partial charge in [0.05, 0.1) is 6.54 Å². The molecule has 4 heterocycles. The second-order valence-electron chi connectivity index (χ2n) is 9.21. The number of piperidine rings is 1. The maximum Gasteiger partial charge on any atom is 0.451 e. The van der Waals surface area contributed by atoms with E-state index >= 15 is 0 Å². The minimum Gasteiger partial charge on any atom is -0.371 e. The zero-order chi connectivity index (χ0) is 25.1. The lowest BCUT2D eigenvalue weighted by Crippen LogP contribution is -2.49. The Labute approximate surface area is 197 Å². The Kier molecular flexibility index (Phi) is 5.64. The summed E-state index contributed by atoms with van der Waals surface area (Å²) in [7, 11) is 0. The number of fused-ring (bicyclic) bond motifs is 2. The first-order valence-corrected chi connectivity index (χ1v) is 11.3. The first-order valence-electron chi connectivity index (χ1n) is 11.3. The summed E-state index contributed by atoms with van der Waals surface area (Å²) >= 11 is 0. The number of hydrogen-bond donors (Lipinski definition) is 0. The highest BCUT2D eigenvalue weighted by Crippen LogP contribution is 2.35. The van der Waals surface area contributed by atoms with Crippen molar-refractivity contribution in [3.05, 3.63) is 47.2 Å². The lowest BCUT2D eigenvalue weighted by Gasteiger charge is -2.40. The number of amides is 1. The Morgan fingerprint density at radius 1 is 1.11 bits per heavy atom. The lowest BCUT2D eigenvalue weighted by molar-refractivity contribution is -0.148. The molecule has 1 saturated heterocycles. The van der Waals surface area contributed by atoms with Crippen LogP contribution in [0.3, 0.4) is 0 Å². The zero-order valence-electron chi connectivity index (χ0n) is 19.1. The van der Waals surface area contributed by atoms with Gasteiger partial charge in [0.25, 0.3) is 0 Å². The molecule has 186 valence electrons. The maximum atomic E-state index is 14.4. The van der Waals surface area contributed by atoms with Gasteiger partial charge in [-0.2, -0.15) is 13.2 Å². The topological polar surface area (TPSA) is 67.2 Å². The van der Waals surface area contributed by atoms with E-state index in [4.69, 9.17) is 0 Å². The van der Waals surface area contributed by atoms with E-state index < -0.39 is 23.6 Å². The van der Waals surface area contributed by atoms with Gasteiger partial charge in [-0.15, -0.1) is 10.2 Å². The van der Waals surface area contributed by atoms with Gasteiger partial charge in [0.2, 0.25) is 11.7 Å². The van der Waals surface area contributed by atoms with E-state index in [-0.39, 0.29) is 48.7 Å². The predicted molar refractivity (Wildman–Crippen MR) is 116 cm³/mol. The van der Waals surface area contributed by atoms with Crippen LogP contribution >= 0.6 is 0 Å². The Morgan fingerprint density at radius 2 is 1.89 bits per heavy atom. The van der Waals surface area contributed by atoms with E-state index in [9.17, 15) is 26.7 Å². The average Bonchev–Trinajstić information content (AvgIpc) is 3.25. The largest absolute Gasteiger partial charge is 0.451 e. The fourth-order valence-corrected chi connectivity index (χ4v) is 5.12. The van der Waals surface area contributed by atoms with Crippen molar-refractivity contribution in [1.29, 1.82) is 0 Å². The standard InChI is InChI=1S/C23H23F5N6O/c1-12-10-32(17-9-13(2)29-20-15(17)3-4-16(24)19(20)25)6-5-14(12)21(35)33-7-8-34-18(11-33)30-31-22(34)23(26,27)28/h3-4,9,12,14H,5-8,10-11H2,1-2H3/t12-,14+/m1/s1. The van der Waals surface area contributed by atoms with Crippen LogP contribution < -0.4 is 4.90 Å². The summed E-state index contributed by atoms with van der Waals surface area (Å²) in [6, 6.07) is 4.41. The van der Waals surface area contributed by atoms with Gasteiger partial charge in [-0.05, 0) is 37.5 Å². The van der Waals surface area contributed by atoms with E-state index in [0.717, 1.165) is 16.3 Å². The number of pyridine rings is 1. The minimum atomic E-state index is -4.59. The molecular formula is C23H23F5N6O. The summed E-state index contributed by atoms with van der Waals surface area (Å²) in [5.41, 5.74) is 1.26. The molecular weight excluding hydrogens is 471 g/mol. The van der Waals surface area contributed by atoms with Gasteiger partial charge in [-0.1, -0.05) is 6.92 Å². The Morgan fingerprint density at radius 3 is 2.60 bits per heavy atom. The second-order valence-corrected chi connectivity index (χ2v) is 9.21. The number of aryl methyl sites for hydroxylation is 1. The number of benzene rings is 1. The highest BCUT2D eigenvalue weighted by Gasteiger charge is 2.41. The van der Waals surface area contributed by atoms with Gasteiger partial charge in [-0.3, -0.25) is 4.79 Å². The van der Waals surface area contributed by atoms with Crippen LogP contribution in [-0.4, -0.2) is 50.2 Å². The van der Waals surface area contributed by atoms with Crippen LogP contribution in [0.5, 0.6) is 0 Å². The van der Waals surface area contributed by atoms with Gasteiger partial charge < -0.3 is 14.4 Å². The number of alkyl halides is 3. The van der Waals surface area contributed by atoms with Crippen LogP contribution in [0, 0.1) is 30.4 Å². The molecule has 0 bridgehead atoms. The summed E-state index contributed by atoms with van der Waals surface area (Å²) in [6.07, 6.45) is -4.08. The van der Waals surface area contributed by atoms with Crippen molar-refractivity contribution >= 4 is 22.5 Å². The molecule has 0 N–H and O–H groups in total. The monoisotopic (exact) mass is 494 g/mol. The molecule has 35 heavy (non-hydrogen) atoms. The van der Waals surface area contributed by atoms with Gasteiger partial charge in [0.15, 0.2) is 17.5 Å². The number of rotatable bonds is 2. The molecule has 0 spiro atoms. The molecule has 0 radical (unpaired) electrons. The Balaban J connectivity index is 1.33. The predicted octanol–water partition coefficient (Wildman–Crippen LogP) is 3.94. The molecule has 0 aliphatic carbocycles. The summed E-state index contributed by atoms with van der Waals surface area (Å²) in [6.45, 7) is 4.80. The first-order chi connectivity index (χ1) is 16.5. The molecule has 1 aromatic carbocycles. The van der Waals surface area contributed by atoms with Crippen LogP contribution in [0.2, 0.25) is 0 Å². The van der Waals surface area contributed by atoms with Gasteiger partial charge in [0.1, 0.15) is 5.52 Å². The van der Waals surface area contributed by atoms with Crippen molar-refractivity contribution in [3.8, 4) is 0 Å². The van der Waals surface area contributed by atoms with Crippen LogP contribution in [0.4, 0.5) is 27.6 Å². The van der Waals surface area contributed by atoms with Crippen LogP contribution in [0.15, 0.2) is 18.2 Å². The third-order valence-corrected chi connectivity index (χ3v) is 6.86. The lowest BCUT2D eigenvalue weighted by atomic mass is 9.85. The van der Waals surface area contributed by atoms with Crippen molar-refractivity contribution in [2.24, 2.45) is 11.8 Å². The fraction of sp³-hybridized carbons (Fsp3) is 0.478. The number of nitrogens with zero attached hydrogens (tertiary/aromatic N) is 6. The van der Waals surface area contributed by atoms with E-state index in [1.54, 1.807) is 11.8 Å². The number of halogens is 5. The van der Waals surface area contributed by atoms with E-state index in [1.807, 2.05) is 17.9 Å². The van der Waals surface area contributed by atoms with Gasteiger partial charge in [-0.25, -0.2) is 13.8 Å². The molecule has 0 saturated carbocycles. The molecule has 7 nitrogen and oxygen atoms in total. The van der Waals surface area contributed by atoms with E-state index in [1.165, 1.54) is 6.07 Å². The SMILES string of the molecule is Cc1cc(N2CC[C@H](C(=O)N3CCn4c(nnc4C(F)(F)F)C3)[C@H](C)C2)c2ccc(F)c(F)c2n1. The van der Waals surface area contributed by atoms with Crippen molar-refractivity contribution < 1.29 is 26.7 Å². The highest BCUT2D eigenvalue weighted by molar-refractivity contribution is 5.92. The summed E-state index contributed by atoms with van der Waals surface area (Å²) < 4.78 is 68.4. The van der Waals surface area contributed by atoms with Crippen LogP contribution in [0.1, 0.15) is 30.7 Å². The number of carbonyl (C=O) groups excluding carboxylic acids is 1. The maximum absolute atomic E-state index is 14.4. The molecule has 0 unspecified atom stereocenters. The van der Waals surface area contributed by atoms with E-state index in [2.05, 4.69) is 15.2 Å². The molecule has 1 fully saturated rings. The van der Waals surface area contributed by atoms with Gasteiger partial charge in [0, 0.05) is 48.9 Å². The number of aromatic nitrogens is 4. The summed E-state index contributed by atoms with van der Waals surface area (Å²) in [4.78, 5) is 21.1. The highest BCUT2D eigenvalue weighted by atomic mass is 19.4. The number of carbonyl (C=O) groups is 1. The zero-order valence-corrected chi connectivity index (χ0v) is 19.1. The molecule has 5 rings (SSSR count). The molecule has 2 aromatic heterocycles.